The summed E-state index contributed by atoms with van der Waals surface area (Å²) < 4.78 is 4.08. The van der Waals surface area contributed by atoms with Crippen molar-refractivity contribution in [3.63, 3.8) is 0 Å². The molecule has 0 aliphatic rings. The first-order chi connectivity index (χ1) is 9.58. The van der Waals surface area contributed by atoms with Gasteiger partial charge >= 0.3 is 0 Å². The Kier molecular flexibility index (Phi) is 4.47. The molecular formula is C15H25N5. The van der Waals surface area contributed by atoms with E-state index in [-0.39, 0.29) is 0 Å². The number of nitrogen functional groups attached to an aromatic ring is 1. The Morgan fingerprint density at radius 3 is 2.60 bits per heavy atom. The highest BCUT2D eigenvalue weighted by atomic mass is 15.3. The number of anilines is 1. The van der Waals surface area contributed by atoms with Crippen molar-refractivity contribution in [2.45, 2.75) is 59.5 Å². The summed E-state index contributed by atoms with van der Waals surface area (Å²) in [7, 11) is 0. The number of aromatic nitrogens is 4. The minimum Gasteiger partial charge on any atom is -0.383 e. The molecule has 2 aromatic rings. The van der Waals surface area contributed by atoms with E-state index in [0.29, 0.717) is 6.04 Å². The molecule has 0 amide bonds. The maximum absolute atomic E-state index is 6.30. The van der Waals surface area contributed by atoms with Gasteiger partial charge in [-0.1, -0.05) is 20.3 Å². The van der Waals surface area contributed by atoms with Crippen LogP contribution in [-0.4, -0.2) is 19.3 Å². The van der Waals surface area contributed by atoms with Gasteiger partial charge in [0.05, 0.1) is 6.20 Å². The van der Waals surface area contributed by atoms with Gasteiger partial charge in [-0.05, 0) is 20.3 Å². The predicted molar refractivity (Wildman–Crippen MR) is 82.5 cm³/mol. The van der Waals surface area contributed by atoms with Crippen LogP contribution in [0, 0.1) is 0 Å². The number of hydrogen-bond acceptors (Lipinski definition) is 3. The van der Waals surface area contributed by atoms with Crippen LogP contribution in [0.25, 0.3) is 11.3 Å². The van der Waals surface area contributed by atoms with Gasteiger partial charge in [-0.15, -0.1) is 0 Å². The third-order valence-corrected chi connectivity index (χ3v) is 3.54. The minimum absolute atomic E-state index is 0.345. The van der Waals surface area contributed by atoms with Gasteiger partial charge in [0.1, 0.15) is 17.3 Å². The molecule has 2 aromatic heterocycles. The fourth-order valence-corrected chi connectivity index (χ4v) is 2.30. The zero-order valence-corrected chi connectivity index (χ0v) is 12.9. The van der Waals surface area contributed by atoms with E-state index in [1.807, 2.05) is 17.1 Å². The lowest BCUT2D eigenvalue weighted by Gasteiger charge is -2.07. The third kappa shape index (κ3) is 2.71. The first-order valence-corrected chi connectivity index (χ1v) is 7.47. The van der Waals surface area contributed by atoms with Crippen molar-refractivity contribution in [2.24, 2.45) is 0 Å². The van der Waals surface area contributed by atoms with Crippen LogP contribution in [-0.2, 0) is 13.0 Å². The molecule has 0 aliphatic carbocycles. The quantitative estimate of drug-likeness (QED) is 0.880. The minimum atomic E-state index is 0.345. The SMILES string of the molecule is CCCCn1c(CC)nc(-c2cnn(C(C)C)c2)c1N. The molecule has 2 N–H and O–H groups in total. The molecule has 0 spiro atoms. The first-order valence-electron chi connectivity index (χ1n) is 7.47. The summed E-state index contributed by atoms with van der Waals surface area (Å²) in [6.45, 7) is 9.46. The van der Waals surface area contributed by atoms with E-state index in [1.165, 1.54) is 0 Å². The second kappa shape index (κ2) is 6.11. The van der Waals surface area contributed by atoms with Crippen LogP contribution in [0.4, 0.5) is 5.82 Å². The summed E-state index contributed by atoms with van der Waals surface area (Å²) in [6, 6.07) is 0.345. The van der Waals surface area contributed by atoms with E-state index < -0.39 is 0 Å². The second-order valence-corrected chi connectivity index (χ2v) is 5.42. The van der Waals surface area contributed by atoms with E-state index in [2.05, 4.69) is 37.4 Å². The molecule has 0 radical (unpaired) electrons. The van der Waals surface area contributed by atoms with Gasteiger partial charge in [0.15, 0.2) is 0 Å². The molecule has 20 heavy (non-hydrogen) atoms. The molecule has 0 atom stereocenters. The van der Waals surface area contributed by atoms with Crippen molar-refractivity contribution in [1.29, 1.82) is 0 Å². The lowest BCUT2D eigenvalue weighted by atomic mass is 10.2. The zero-order valence-electron chi connectivity index (χ0n) is 12.9. The molecular weight excluding hydrogens is 250 g/mol. The average Bonchev–Trinajstić information content (AvgIpc) is 3.01. The number of imidazole rings is 1. The normalized spacial score (nSPS) is 11.4. The van der Waals surface area contributed by atoms with Crippen LogP contribution in [0.2, 0.25) is 0 Å². The highest BCUT2D eigenvalue weighted by Gasteiger charge is 2.16. The summed E-state index contributed by atoms with van der Waals surface area (Å²) in [5.41, 5.74) is 8.17. The molecule has 5 heteroatoms. The number of unbranched alkanes of at least 4 members (excludes halogenated alkanes) is 1. The van der Waals surface area contributed by atoms with Crippen LogP contribution in [0.5, 0.6) is 0 Å². The average molecular weight is 275 g/mol. The highest BCUT2D eigenvalue weighted by molar-refractivity contribution is 5.70. The van der Waals surface area contributed by atoms with E-state index in [1.54, 1.807) is 0 Å². The van der Waals surface area contributed by atoms with Gasteiger partial charge in [-0.25, -0.2) is 4.98 Å². The number of aryl methyl sites for hydroxylation is 1. The molecule has 2 heterocycles. The van der Waals surface area contributed by atoms with Crippen LogP contribution in [0.15, 0.2) is 12.4 Å². The second-order valence-electron chi connectivity index (χ2n) is 5.42. The van der Waals surface area contributed by atoms with Gasteiger partial charge in [-0.3, -0.25) is 4.68 Å². The number of nitrogens with two attached hydrogens (primary N) is 1. The van der Waals surface area contributed by atoms with Gasteiger partial charge in [-0.2, -0.15) is 5.10 Å². The molecule has 110 valence electrons. The largest absolute Gasteiger partial charge is 0.383 e. The maximum atomic E-state index is 6.30. The fourth-order valence-electron chi connectivity index (χ4n) is 2.30. The van der Waals surface area contributed by atoms with Crippen LogP contribution in [0.3, 0.4) is 0 Å². The molecule has 0 saturated carbocycles. The Morgan fingerprint density at radius 1 is 1.30 bits per heavy atom. The molecule has 0 saturated heterocycles. The standard InChI is InChI=1S/C15H25N5/c1-5-7-8-19-13(6-2)18-14(15(19)16)12-9-17-20(10-12)11(3)4/h9-11H,5-8,16H2,1-4H3. The smallest absolute Gasteiger partial charge is 0.131 e. The van der Waals surface area contributed by atoms with E-state index in [0.717, 1.165) is 48.7 Å². The van der Waals surface area contributed by atoms with Gasteiger partial charge < -0.3 is 10.3 Å². The lowest BCUT2D eigenvalue weighted by Crippen LogP contribution is -2.06. The van der Waals surface area contributed by atoms with Gasteiger partial charge in [0.2, 0.25) is 0 Å². The summed E-state index contributed by atoms with van der Waals surface area (Å²) in [6.07, 6.45) is 7.04. The zero-order chi connectivity index (χ0) is 14.7. The summed E-state index contributed by atoms with van der Waals surface area (Å²) in [4.78, 5) is 4.71. The number of hydrogen-bond donors (Lipinski definition) is 1. The van der Waals surface area contributed by atoms with Crippen LogP contribution >= 0.6 is 0 Å². The van der Waals surface area contributed by atoms with Crippen LogP contribution in [0.1, 0.15) is 52.4 Å². The van der Waals surface area contributed by atoms with Crippen molar-refractivity contribution in [3.05, 3.63) is 18.2 Å². The van der Waals surface area contributed by atoms with Gasteiger partial charge in [0.25, 0.3) is 0 Å². The monoisotopic (exact) mass is 275 g/mol. The highest BCUT2D eigenvalue weighted by Crippen LogP contribution is 2.27. The Labute approximate surface area is 120 Å². The van der Waals surface area contributed by atoms with Gasteiger partial charge in [0, 0.05) is 30.8 Å². The maximum Gasteiger partial charge on any atom is 0.131 e. The molecule has 0 bridgehead atoms. The molecule has 0 unspecified atom stereocenters. The van der Waals surface area contributed by atoms with Crippen molar-refractivity contribution in [1.82, 2.24) is 19.3 Å². The Bertz CT molecular complexity index is 565. The fraction of sp³-hybridized carbons (Fsp3) is 0.600. The van der Waals surface area contributed by atoms with Crippen molar-refractivity contribution >= 4 is 5.82 Å². The molecule has 0 aromatic carbocycles. The third-order valence-electron chi connectivity index (χ3n) is 3.54. The molecule has 0 aliphatic heterocycles. The van der Waals surface area contributed by atoms with Crippen molar-refractivity contribution in [3.8, 4) is 11.3 Å². The topological polar surface area (TPSA) is 61.7 Å². The van der Waals surface area contributed by atoms with E-state index in [9.17, 15) is 0 Å². The molecule has 5 nitrogen and oxygen atoms in total. The molecule has 2 rings (SSSR count). The number of nitrogens with zero attached hydrogens (tertiary/aromatic N) is 4. The summed E-state index contributed by atoms with van der Waals surface area (Å²) in [5, 5.41) is 4.37. The molecule has 0 fully saturated rings. The van der Waals surface area contributed by atoms with Crippen LogP contribution < -0.4 is 5.73 Å². The van der Waals surface area contributed by atoms with E-state index in [4.69, 9.17) is 10.7 Å². The van der Waals surface area contributed by atoms with Crippen molar-refractivity contribution in [2.75, 3.05) is 5.73 Å². The lowest BCUT2D eigenvalue weighted by molar-refractivity contribution is 0.532. The van der Waals surface area contributed by atoms with E-state index >= 15 is 0 Å². The summed E-state index contributed by atoms with van der Waals surface area (Å²) >= 11 is 0. The number of rotatable bonds is 6. The van der Waals surface area contributed by atoms with Crippen molar-refractivity contribution < 1.29 is 0 Å². The first kappa shape index (κ1) is 14.6. The predicted octanol–water partition coefficient (Wildman–Crippen LogP) is 3.27. The Morgan fingerprint density at radius 2 is 2.05 bits per heavy atom. The Balaban J connectivity index is 2.38. The Hall–Kier alpha value is -1.78. The summed E-state index contributed by atoms with van der Waals surface area (Å²) in [5.74, 6) is 1.82.